The number of piperidine rings is 1. The van der Waals surface area contributed by atoms with Crippen molar-refractivity contribution in [3.05, 3.63) is 95.1 Å². The Bertz CT molecular complexity index is 1150. The molecule has 0 bridgehead atoms. The molecule has 188 valence electrons. The Morgan fingerprint density at radius 3 is 2.31 bits per heavy atom. The van der Waals surface area contributed by atoms with Gasteiger partial charge in [0.2, 0.25) is 0 Å². The number of benzene rings is 3. The SMILES string of the molecule is CCCCc1ccc(C(=O)Nc2ccc(N3CCC(C)CC3)c(C(=O)NCc3ccccc3)c2)cc1. The van der Waals surface area contributed by atoms with Crippen molar-refractivity contribution in [3.63, 3.8) is 0 Å². The van der Waals surface area contributed by atoms with E-state index in [9.17, 15) is 9.59 Å². The van der Waals surface area contributed by atoms with Crippen molar-refractivity contribution in [3.8, 4) is 0 Å². The Labute approximate surface area is 214 Å². The number of hydrogen-bond donors (Lipinski definition) is 2. The monoisotopic (exact) mass is 483 g/mol. The number of nitrogens with one attached hydrogen (secondary N) is 2. The Kier molecular flexibility index (Phi) is 8.77. The molecule has 0 spiro atoms. The third-order valence-corrected chi connectivity index (χ3v) is 6.95. The van der Waals surface area contributed by atoms with Crippen molar-refractivity contribution in [2.24, 2.45) is 5.92 Å². The van der Waals surface area contributed by atoms with Crippen LogP contribution in [0.5, 0.6) is 0 Å². The highest BCUT2D eigenvalue weighted by molar-refractivity contribution is 6.06. The van der Waals surface area contributed by atoms with Gasteiger partial charge >= 0.3 is 0 Å². The largest absolute Gasteiger partial charge is 0.371 e. The normalized spacial score (nSPS) is 13.9. The summed E-state index contributed by atoms with van der Waals surface area (Å²) in [6, 6.07) is 23.4. The number of amides is 2. The molecule has 1 heterocycles. The zero-order chi connectivity index (χ0) is 25.3. The quantitative estimate of drug-likeness (QED) is 0.368. The van der Waals surface area contributed by atoms with Gasteiger partial charge in [-0.15, -0.1) is 0 Å². The van der Waals surface area contributed by atoms with Gasteiger partial charge in [0.1, 0.15) is 0 Å². The van der Waals surface area contributed by atoms with Gasteiger partial charge in [-0.05, 0) is 73.1 Å². The van der Waals surface area contributed by atoms with Gasteiger partial charge in [-0.1, -0.05) is 62.7 Å². The summed E-state index contributed by atoms with van der Waals surface area (Å²) in [6.45, 7) is 6.76. The fourth-order valence-electron chi connectivity index (χ4n) is 4.60. The van der Waals surface area contributed by atoms with E-state index in [-0.39, 0.29) is 11.8 Å². The molecule has 1 fully saturated rings. The Morgan fingerprint density at radius 1 is 0.889 bits per heavy atom. The summed E-state index contributed by atoms with van der Waals surface area (Å²) < 4.78 is 0. The first-order chi connectivity index (χ1) is 17.5. The van der Waals surface area contributed by atoms with E-state index in [2.05, 4.69) is 29.4 Å². The Morgan fingerprint density at radius 2 is 1.61 bits per heavy atom. The molecule has 3 aromatic rings. The number of hydrogen-bond acceptors (Lipinski definition) is 3. The van der Waals surface area contributed by atoms with E-state index < -0.39 is 0 Å². The Hall–Kier alpha value is -3.60. The maximum atomic E-state index is 13.3. The third kappa shape index (κ3) is 6.75. The van der Waals surface area contributed by atoms with E-state index in [1.165, 1.54) is 5.56 Å². The van der Waals surface area contributed by atoms with Crippen molar-refractivity contribution in [2.45, 2.75) is 52.5 Å². The van der Waals surface area contributed by atoms with Crippen LogP contribution in [0, 0.1) is 5.92 Å². The summed E-state index contributed by atoms with van der Waals surface area (Å²) >= 11 is 0. The fourth-order valence-corrected chi connectivity index (χ4v) is 4.60. The number of aryl methyl sites for hydroxylation is 1. The van der Waals surface area contributed by atoms with Crippen molar-refractivity contribution in [1.29, 1.82) is 0 Å². The van der Waals surface area contributed by atoms with Crippen LogP contribution in [0.15, 0.2) is 72.8 Å². The molecule has 0 aromatic heterocycles. The van der Waals surface area contributed by atoms with Crippen LogP contribution >= 0.6 is 0 Å². The molecular weight excluding hydrogens is 446 g/mol. The first kappa shape index (κ1) is 25.5. The second-order valence-corrected chi connectivity index (χ2v) is 9.82. The van der Waals surface area contributed by atoms with Crippen LogP contribution in [-0.2, 0) is 13.0 Å². The van der Waals surface area contributed by atoms with Crippen LogP contribution in [0.4, 0.5) is 11.4 Å². The summed E-state index contributed by atoms with van der Waals surface area (Å²) in [5.41, 5.74) is 5.03. The summed E-state index contributed by atoms with van der Waals surface area (Å²) in [5, 5.41) is 6.05. The minimum absolute atomic E-state index is 0.135. The van der Waals surface area contributed by atoms with Crippen molar-refractivity contribution >= 4 is 23.2 Å². The van der Waals surface area contributed by atoms with Gasteiger partial charge in [0, 0.05) is 36.6 Å². The molecular formula is C31H37N3O2. The molecule has 1 aliphatic heterocycles. The summed E-state index contributed by atoms with van der Waals surface area (Å²) in [4.78, 5) is 28.5. The highest BCUT2D eigenvalue weighted by Crippen LogP contribution is 2.29. The first-order valence-corrected chi connectivity index (χ1v) is 13.1. The lowest BCUT2D eigenvalue weighted by atomic mass is 9.97. The second-order valence-electron chi connectivity index (χ2n) is 9.82. The molecule has 2 amide bonds. The van der Waals surface area contributed by atoms with Crippen LogP contribution in [0.1, 0.15) is 71.4 Å². The number of carbonyl (C=O) groups is 2. The van der Waals surface area contributed by atoms with Crippen molar-refractivity contribution < 1.29 is 9.59 Å². The smallest absolute Gasteiger partial charge is 0.255 e. The van der Waals surface area contributed by atoms with Crippen molar-refractivity contribution in [2.75, 3.05) is 23.3 Å². The lowest BCUT2D eigenvalue weighted by molar-refractivity contribution is 0.0950. The molecule has 1 aliphatic rings. The predicted molar refractivity (Wildman–Crippen MR) is 148 cm³/mol. The Balaban J connectivity index is 1.52. The first-order valence-electron chi connectivity index (χ1n) is 13.1. The highest BCUT2D eigenvalue weighted by atomic mass is 16.2. The molecule has 3 aromatic carbocycles. The average Bonchev–Trinajstić information content (AvgIpc) is 2.92. The van der Waals surface area contributed by atoms with Crippen LogP contribution < -0.4 is 15.5 Å². The number of nitrogens with zero attached hydrogens (tertiary/aromatic N) is 1. The van der Waals surface area contributed by atoms with Gasteiger partial charge in [-0.3, -0.25) is 9.59 Å². The van der Waals surface area contributed by atoms with Gasteiger partial charge in [-0.2, -0.15) is 0 Å². The number of carbonyl (C=O) groups excluding carboxylic acids is 2. The van der Waals surface area contributed by atoms with Gasteiger partial charge in [0.15, 0.2) is 0 Å². The minimum atomic E-state index is -0.174. The number of unbranched alkanes of at least 4 members (excludes halogenated alkanes) is 1. The summed E-state index contributed by atoms with van der Waals surface area (Å²) in [6.07, 6.45) is 5.53. The lowest BCUT2D eigenvalue weighted by Gasteiger charge is -2.33. The molecule has 36 heavy (non-hydrogen) atoms. The van der Waals surface area contributed by atoms with E-state index in [1.807, 2.05) is 66.7 Å². The fraction of sp³-hybridized carbons (Fsp3) is 0.355. The molecule has 0 unspecified atom stereocenters. The molecule has 2 N–H and O–H groups in total. The third-order valence-electron chi connectivity index (χ3n) is 6.95. The molecule has 5 nitrogen and oxygen atoms in total. The van der Waals surface area contributed by atoms with E-state index in [0.29, 0.717) is 29.3 Å². The van der Waals surface area contributed by atoms with Gasteiger partial charge in [0.25, 0.3) is 11.8 Å². The van der Waals surface area contributed by atoms with E-state index in [4.69, 9.17) is 0 Å². The molecule has 4 rings (SSSR count). The molecule has 0 atom stereocenters. The summed E-state index contributed by atoms with van der Waals surface area (Å²) in [5.74, 6) is 0.389. The van der Waals surface area contributed by atoms with E-state index in [1.54, 1.807) is 6.07 Å². The summed E-state index contributed by atoms with van der Waals surface area (Å²) in [7, 11) is 0. The maximum Gasteiger partial charge on any atom is 0.255 e. The zero-order valence-corrected chi connectivity index (χ0v) is 21.4. The molecule has 0 saturated carbocycles. The maximum absolute atomic E-state index is 13.3. The van der Waals surface area contributed by atoms with E-state index >= 15 is 0 Å². The zero-order valence-electron chi connectivity index (χ0n) is 21.4. The van der Waals surface area contributed by atoms with Crippen LogP contribution in [-0.4, -0.2) is 24.9 Å². The van der Waals surface area contributed by atoms with Gasteiger partial charge in [0.05, 0.1) is 5.56 Å². The lowest BCUT2D eigenvalue weighted by Crippen LogP contribution is -2.35. The van der Waals surface area contributed by atoms with E-state index in [0.717, 1.165) is 56.4 Å². The van der Waals surface area contributed by atoms with Gasteiger partial charge < -0.3 is 15.5 Å². The molecule has 0 radical (unpaired) electrons. The van der Waals surface area contributed by atoms with Crippen molar-refractivity contribution in [1.82, 2.24) is 5.32 Å². The standard InChI is InChI=1S/C31H37N3O2/c1-3-4-8-24-11-13-26(14-12-24)30(35)33-27-15-16-29(34-19-17-23(2)18-20-34)28(21-27)31(36)32-22-25-9-6-5-7-10-25/h5-7,9-16,21,23H,3-4,8,17-20,22H2,1-2H3,(H,32,36)(H,33,35). The van der Waals surface area contributed by atoms with Crippen LogP contribution in [0.2, 0.25) is 0 Å². The number of rotatable bonds is 9. The molecule has 0 aliphatic carbocycles. The van der Waals surface area contributed by atoms with Crippen LogP contribution in [0.3, 0.4) is 0 Å². The molecule has 1 saturated heterocycles. The predicted octanol–water partition coefficient (Wildman–Crippen LogP) is 6.45. The molecule has 5 heteroatoms. The topological polar surface area (TPSA) is 61.4 Å². The van der Waals surface area contributed by atoms with Gasteiger partial charge in [-0.25, -0.2) is 0 Å². The minimum Gasteiger partial charge on any atom is -0.371 e. The highest BCUT2D eigenvalue weighted by Gasteiger charge is 2.22. The van der Waals surface area contributed by atoms with Crippen LogP contribution in [0.25, 0.3) is 0 Å². The number of anilines is 2. The second kappa shape index (κ2) is 12.4. The average molecular weight is 484 g/mol.